The van der Waals surface area contributed by atoms with Gasteiger partial charge in [0.1, 0.15) is 0 Å². The standard InChI is InChI=1S/C18H21ClN2O2S/c1-18(2)11-17(20-16-9-8-12(19)10-14(16)18)13-6-4-5-7-15(13)21-24(3,22)23/h4-10,17,20-21H,11H2,1-3H3. The lowest BCUT2D eigenvalue weighted by molar-refractivity contribution is 0.428. The molecule has 0 saturated carbocycles. The van der Waals surface area contributed by atoms with Gasteiger partial charge in [0.15, 0.2) is 0 Å². The van der Waals surface area contributed by atoms with Gasteiger partial charge in [0.05, 0.1) is 18.0 Å². The Labute approximate surface area is 148 Å². The van der Waals surface area contributed by atoms with Crippen LogP contribution in [0.15, 0.2) is 42.5 Å². The molecule has 0 aliphatic carbocycles. The minimum Gasteiger partial charge on any atom is -0.378 e. The average Bonchev–Trinajstić information content (AvgIpc) is 2.46. The van der Waals surface area contributed by atoms with E-state index >= 15 is 0 Å². The summed E-state index contributed by atoms with van der Waals surface area (Å²) in [7, 11) is -3.33. The number of anilines is 2. The summed E-state index contributed by atoms with van der Waals surface area (Å²) in [5.41, 5.74) is 3.70. The van der Waals surface area contributed by atoms with Gasteiger partial charge in [-0.05, 0) is 47.2 Å². The molecule has 2 N–H and O–H groups in total. The van der Waals surface area contributed by atoms with Crippen LogP contribution in [0.4, 0.5) is 11.4 Å². The fraction of sp³-hybridized carbons (Fsp3) is 0.333. The second-order valence-corrected chi connectivity index (χ2v) is 9.12. The van der Waals surface area contributed by atoms with Gasteiger partial charge in [-0.25, -0.2) is 8.42 Å². The molecule has 1 aliphatic rings. The molecule has 1 heterocycles. The Bertz CT molecular complexity index is 878. The molecule has 0 radical (unpaired) electrons. The van der Waals surface area contributed by atoms with Crippen LogP contribution >= 0.6 is 11.6 Å². The second kappa shape index (κ2) is 5.97. The Hall–Kier alpha value is -1.72. The molecule has 4 nitrogen and oxygen atoms in total. The zero-order chi connectivity index (χ0) is 17.5. The van der Waals surface area contributed by atoms with Gasteiger partial charge in [-0.15, -0.1) is 0 Å². The smallest absolute Gasteiger partial charge is 0.229 e. The van der Waals surface area contributed by atoms with E-state index in [0.717, 1.165) is 22.7 Å². The van der Waals surface area contributed by atoms with Gasteiger partial charge in [-0.2, -0.15) is 0 Å². The third kappa shape index (κ3) is 3.52. The summed E-state index contributed by atoms with van der Waals surface area (Å²) in [5, 5.41) is 4.25. The highest BCUT2D eigenvalue weighted by Crippen LogP contribution is 2.46. The first-order valence-corrected chi connectivity index (χ1v) is 10.1. The van der Waals surface area contributed by atoms with Crippen molar-refractivity contribution in [3.63, 3.8) is 0 Å². The fourth-order valence-corrected chi connectivity index (χ4v) is 4.10. The van der Waals surface area contributed by atoms with Crippen molar-refractivity contribution in [3.05, 3.63) is 58.6 Å². The van der Waals surface area contributed by atoms with Crippen molar-refractivity contribution in [1.82, 2.24) is 0 Å². The van der Waals surface area contributed by atoms with E-state index in [9.17, 15) is 8.42 Å². The maximum Gasteiger partial charge on any atom is 0.229 e. The van der Waals surface area contributed by atoms with Crippen molar-refractivity contribution in [1.29, 1.82) is 0 Å². The van der Waals surface area contributed by atoms with Crippen LogP contribution in [-0.2, 0) is 15.4 Å². The van der Waals surface area contributed by atoms with Crippen LogP contribution in [0, 0.1) is 0 Å². The molecule has 1 unspecified atom stereocenters. The predicted molar refractivity (Wildman–Crippen MR) is 100 cm³/mol. The Morgan fingerprint density at radius 2 is 1.92 bits per heavy atom. The molecule has 0 spiro atoms. The lowest BCUT2D eigenvalue weighted by Crippen LogP contribution is -2.31. The molecule has 0 saturated heterocycles. The molecule has 0 fully saturated rings. The highest BCUT2D eigenvalue weighted by atomic mass is 35.5. The normalized spacial score (nSPS) is 19.2. The van der Waals surface area contributed by atoms with Crippen LogP contribution in [0.3, 0.4) is 0 Å². The molecule has 0 amide bonds. The van der Waals surface area contributed by atoms with Crippen LogP contribution in [-0.4, -0.2) is 14.7 Å². The molecule has 6 heteroatoms. The molecule has 128 valence electrons. The number of nitrogens with one attached hydrogen (secondary N) is 2. The minimum atomic E-state index is -3.33. The number of para-hydroxylation sites is 1. The van der Waals surface area contributed by atoms with Crippen molar-refractivity contribution in [3.8, 4) is 0 Å². The van der Waals surface area contributed by atoms with Crippen LogP contribution in [0.2, 0.25) is 5.02 Å². The van der Waals surface area contributed by atoms with Crippen molar-refractivity contribution < 1.29 is 8.42 Å². The zero-order valence-corrected chi connectivity index (χ0v) is 15.5. The van der Waals surface area contributed by atoms with Crippen molar-refractivity contribution in [2.45, 2.75) is 31.7 Å². The van der Waals surface area contributed by atoms with E-state index < -0.39 is 10.0 Å². The molecule has 0 bridgehead atoms. The first kappa shape index (κ1) is 17.1. The summed E-state index contributed by atoms with van der Waals surface area (Å²) < 4.78 is 25.9. The van der Waals surface area contributed by atoms with E-state index in [1.54, 1.807) is 6.07 Å². The average molecular weight is 365 g/mol. The van der Waals surface area contributed by atoms with Gasteiger partial charge >= 0.3 is 0 Å². The largest absolute Gasteiger partial charge is 0.378 e. The summed E-state index contributed by atoms with van der Waals surface area (Å²) in [6.45, 7) is 4.37. The number of benzene rings is 2. The quantitative estimate of drug-likeness (QED) is 0.840. The van der Waals surface area contributed by atoms with Crippen molar-refractivity contribution in [2.24, 2.45) is 0 Å². The first-order chi connectivity index (χ1) is 11.2. The zero-order valence-electron chi connectivity index (χ0n) is 13.9. The van der Waals surface area contributed by atoms with Gasteiger partial charge in [0, 0.05) is 10.7 Å². The summed E-state index contributed by atoms with van der Waals surface area (Å²) in [6.07, 6.45) is 2.00. The van der Waals surface area contributed by atoms with Gasteiger partial charge in [0.2, 0.25) is 10.0 Å². The van der Waals surface area contributed by atoms with Crippen molar-refractivity contribution in [2.75, 3.05) is 16.3 Å². The molecular formula is C18H21ClN2O2S. The van der Waals surface area contributed by atoms with E-state index in [0.29, 0.717) is 5.69 Å². The van der Waals surface area contributed by atoms with E-state index in [1.165, 1.54) is 11.8 Å². The SMILES string of the molecule is CC1(C)CC(c2ccccc2NS(C)(=O)=O)Nc2ccc(Cl)cc21. The van der Waals surface area contributed by atoms with E-state index in [1.807, 2.05) is 36.4 Å². The number of rotatable bonds is 3. The van der Waals surface area contributed by atoms with E-state index in [2.05, 4.69) is 23.9 Å². The van der Waals surface area contributed by atoms with E-state index in [4.69, 9.17) is 11.6 Å². The summed E-state index contributed by atoms with van der Waals surface area (Å²) in [6, 6.07) is 13.4. The Morgan fingerprint density at radius 3 is 2.62 bits per heavy atom. The second-order valence-electron chi connectivity index (χ2n) is 6.94. The molecule has 0 aromatic heterocycles. The number of fused-ring (bicyclic) bond motifs is 1. The van der Waals surface area contributed by atoms with Gasteiger partial charge in [0.25, 0.3) is 0 Å². The number of halogens is 1. The molecule has 2 aromatic rings. The third-order valence-corrected chi connectivity index (χ3v) is 5.21. The highest BCUT2D eigenvalue weighted by molar-refractivity contribution is 7.92. The number of hydrogen-bond acceptors (Lipinski definition) is 3. The van der Waals surface area contributed by atoms with Crippen molar-refractivity contribution >= 4 is 33.0 Å². The van der Waals surface area contributed by atoms with Crippen LogP contribution in [0.1, 0.15) is 37.4 Å². The first-order valence-electron chi connectivity index (χ1n) is 7.79. The monoisotopic (exact) mass is 364 g/mol. The molecule has 1 atom stereocenters. The molecule has 1 aliphatic heterocycles. The summed E-state index contributed by atoms with van der Waals surface area (Å²) >= 11 is 6.15. The van der Waals surface area contributed by atoms with Crippen LogP contribution < -0.4 is 10.0 Å². The highest BCUT2D eigenvalue weighted by Gasteiger charge is 2.34. The molecule has 2 aromatic carbocycles. The van der Waals surface area contributed by atoms with Gasteiger partial charge in [-0.3, -0.25) is 4.72 Å². The lowest BCUT2D eigenvalue weighted by Gasteiger charge is -2.39. The van der Waals surface area contributed by atoms with Crippen LogP contribution in [0.25, 0.3) is 0 Å². The fourth-order valence-electron chi connectivity index (χ4n) is 3.34. The summed E-state index contributed by atoms with van der Waals surface area (Å²) in [5.74, 6) is 0. The number of hydrogen-bond donors (Lipinski definition) is 2. The Morgan fingerprint density at radius 1 is 1.21 bits per heavy atom. The van der Waals surface area contributed by atoms with E-state index in [-0.39, 0.29) is 11.5 Å². The van der Waals surface area contributed by atoms with Gasteiger partial charge < -0.3 is 5.32 Å². The molecule has 24 heavy (non-hydrogen) atoms. The maximum atomic E-state index is 11.7. The Kier molecular flexibility index (Phi) is 4.26. The predicted octanol–water partition coefficient (Wildman–Crippen LogP) is 4.55. The Balaban J connectivity index is 2.02. The lowest BCUT2D eigenvalue weighted by atomic mass is 9.74. The van der Waals surface area contributed by atoms with Crippen LogP contribution in [0.5, 0.6) is 0 Å². The van der Waals surface area contributed by atoms with Gasteiger partial charge in [-0.1, -0.05) is 43.6 Å². The maximum absolute atomic E-state index is 11.7. The summed E-state index contributed by atoms with van der Waals surface area (Å²) in [4.78, 5) is 0. The number of sulfonamides is 1. The third-order valence-electron chi connectivity index (χ3n) is 4.39. The molecular weight excluding hydrogens is 344 g/mol. The molecule has 3 rings (SSSR count). The minimum absolute atomic E-state index is 0.0131. The topological polar surface area (TPSA) is 58.2 Å².